The summed E-state index contributed by atoms with van der Waals surface area (Å²) in [4.78, 5) is 19.7. The summed E-state index contributed by atoms with van der Waals surface area (Å²) in [6.45, 7) is 2.11. The Labute approximate surface area is 187 Å². The van der Waals surface area contributed by atoms with Gasteiger partial charge in [-0.15, -0.1) is 0 Å². The molecule has 0 spiro atoms. The molecule has 5 nitrogen and oxygen atoms in total. The van der Waals surface area contributed by atoms with E-state index in [1.54, 1.807) is 0 Å². The van der Waals surface area contributed by atoms with Gasteiger partial charge in [0.25, 0.3) is 0 Å². The number of benzene rings is 3. The third-order valence-corrected chi connectivity index (χ3v) is 6.66. The van der Waals surface area contributed by atoms with Crippen LogP contribution in [0.1, 0.15) is 29.7 Å². The van der Waals surface area contributed by atoms with Crippen LogP contribution in [-0.2, 0) is 24.3 Å². The number of imidazole rings is 1. The molecule has 2 aliphatic heterocycles. The highest BCUT2D eigenvalue weighted by Gasteiger charge is 2.29. The Morgan fingerprint density at radius 2 is 1.91 bits per heavy atom. The van der Waals surface area contributed by atoms with Crippen molar-refractivity contribution in [1.82, 2.24) is 14.5 Å². The fourth-order valence-electron chi connectivity index (χ4n) is 5.01. The number of amides is 1. The Kier molecular flexibility index (Phi) is 4.67. The molecular formula is C27H25N3O2. The van der Waals surface area contributed by atoms with Crippen LogP contribution >= 0.6 is 0 Å². The van der Waals surface area contributed by atoms with Crippen molar-refractivity contribution in [3.63, 3.8) is 0 Å². The van der Waals surface area contributed by atoms with Crippen LogP contribution in [0.3, 0.4) is 0 Å². The molecule has 1 aromatic heterocycles. The Hall–Kier alpha value is -3.60. The first-order valence-corrected chi connectivity index (χ1v) is 11.3. The van der Waals surface area contributed by atoms with E-state index in [1.165, 1.54) is 5.56 Å². The quantitative estimate of drug-likeness (QED) is 0.392. The number of nitrogens with zero attached hydrogens (tertiary/aromatic N) is 3. The number of carbonyl (C=O) groups is 1. The van der Waals surface area contributed by atoms with Crippen molar-refractivity contribution in [2.45, 2.75) is 32.4 Å². The van der Waals surface area contributed by atoms with Crippen molar-refractivity contribution in [3.05, 3.63) is 90.0 Å². The SMILES string of the molecule is O=C1C2CCCN1Cc1cncn1Cc1cccc(c1)Oc1cccc3ccc(cc13)C2. The summed E-state index contributed by atoms with van der Waals surface area (Å²) in [5, 5.41) is 2.22. The van der Waals surface area contributed by atoms with Gasteiger partial charge in [-0.05, 0) is 60.0 Å². The summed E-state index contributed by atoms with van der Waals surface area (Å²) in [6.07, 6.45) is 6.46. The molecular weight excluding hydrogens is 398 g/mol. The summed E-state index contributed by atoms with van der Waals surface area (Å²) < 4.78 is 8.49. The molecule has 3 aromatic carbocycles. The largest absolute Gasteiger partial charge is 0.457 e. The van der Waals surface area contributed by atoms with Crippen molar-refractivity contribution >= 4 is 16.7 Å². The summed E-state index contributed by atoms with van der Waals surface area (Å²) in [6, 6.07) is 20.8. The first-order chi connectivity index (χ1) is 15.7. The third kappa shape index (κ3) is 3.54. The predicted octanol–water partition coefficient (Wildman–Crippen LogP) is 5.17. The molecule has 1 unspecified atom stereocenters. The Bertz CT molecular complexity index is 1310. The third-order valence-electron chi connectivity index (χ3n) is 6.66. The van der Waals surface area contributed by atoms with Gasteiger partial charge in [0.1, 0.15) is 11.5 Å². The molecule has 1 amide bonds. The van der Waals surface area contributed by atoms with E-state index in [0.717, 1.165) is 59.3 Å². The zero-order valence-electron chi connectivity index (χ0n) is 17.9. The molecule has 1 fully saturated rings. The topological polar surface area (TPSA) is 47.4 Å². The summed E-state index contributed by atoms with van der Waals surface area (Å²) in [7, 11) is 0. The lowest BCUT2D eigenvalue weighted by molar-refractivity contribution is -0.139. The normalized spacial score (nSPS) is 18.4. The zero-order valence-corrected chi connectivity index (χ0v) is 17.9. The minimum Gasteiger partial charge on any atom is -0.457 e. The van der Waals surface area contributed by atoms with Gasteiger partial charge in [0, 0.05) is 30.6 Å². The van der Waals surface area contributed by atoms with Gasteiger partial charge in [0.2, 0.25) is 5.91 Å². The van der Waals surface area contributed by atoms with Crippen LogP contribution in [0.15, 0.2) is 73.2 Å². The van der Waals surface area contributed by atoms with E-state index in [2.05, 4.69) is 45.9 Å². The molecule has 1 saturated heterocycles. The van der Waals surface area contributed by atoms with Gasteiger partial charge in [-0.25, -0.2) is 4.98 Å². The smallest absolute Gasteiger partial charge is 0.226 e. The van der Waals surface area contributed by atoms with Gasteiger partial charge in [-0.2, -0.15) is 0 Å². The average molecular weight is 424 g/mol. The molecule has 0 aliphatic carbocycles. The molecule has 4 aromatic rings. The van der Waals surface area contributed by atoms with Crippen molar-refractivity contribution < 1.29 is 9.53 Å². The first-order valence-electron chi connectivity index (χ1n) is 11.3. The molecule has 160 valence electrons. The standard InChI is InChI=1S/C27H25N3O2/c31-27-22-6-3-11-29(27)17-23-15-28-18-30(23)16-20-4-1-7-24(13-20)32-26-8-2-5-21-10-9-19(12-22)14-25(21)26/h1-2,4-5,7-10,13-15,18,22H,3,6,11-12,16-17H2. The number of rotatable bonds is 0. The van der Waals surface area contributed by atoms with Crippen molar-refractivity contribution in [1.29, 1.82) is 0 Å². The molecule has 6 bridgehead atoms. The van der Waals surface area contributed by atoms with Crippen LogP contribution < -0.4 is 4.74 Å². The van der Waals surface area contributed by atoms with Crippen LogP contribution in [0.25, 0.3) is 10.8 Å². The molecule has 6 rings (SSSR count). The molecule has 32 heavy (non-hydrogen) atoms. The number of aromatic nitrogens is 2. The van der Waals surface area contributed by atoms with E-state index in [0.29, 0.717) is 13.1 Å². The average Bonchev–Trinajstić information content (AvgIpc) is 3.23. The number of carbonyl (C=O) groups excluding carboxylic acids is 1. The summed E-state index contributed by atoms with van der Waals surface area (Å²) >= 11 is 0. The van der Waals surface area contributed by atoms with Crippen molar-refractivity contribution in [3.8, 4) is 11.5 Å². The van der Waals surface area contributed by atoms with E-state index in [-0.39, 0.29) is 11.8 Å². The molecule has 1 atom stereocenters. The fraction of sp³-hybridized carbons (Fsp3) is 0.259. The van der Waals surface area contributed by atoms with E-state index in [9.17, 15) is 4.79 Å². The minimum atomic E-state index is 0.0197. The maximum Gasteiger partial charge on any atom is 0.226 e. The van der Waals surface area contributed by atoms with Crippen LogP contribution in [0, 0.1) is 5.92 Å². The maximum absolute atomic E-state index is 13.3. The first kappa shape index (κ1) is 19.1. The minimum absolute atomic E-state index is 0.0197. The second kappa shape index (κ2) is 7.83. The van der Waals surface area contributed by atoms with E-state index >= 15 is 0 Å². The Morgan fingerprint density at radius 3 is 2.88 bits per heavy atom. The fourth-order valence-corrected chi connectivity index (χ4v) is 5.01. The molecule has 5 heteroatoms. The van der Waals surface area contributed by atoms with E-state index in [1.807, 2.05) is 41.7 Å². The lowest BCUT2D eigenvalue weighted by atomic mass is 9.89. The summed E-state index contributed by atoms with van der Waals surface area (Å²) in [5.74, 6) is 1.94. The molecule has 0 saturated carbocycles. The van der Waals surface area contributed by atoms with Gasteiger partial charge in [-0.1, -0.05) is 36.4 Å². The van der Waals surface area contributed by atoms with Gasteiger partial charge >= 0.3 is 0 Å². The van der Waals surface area contributed by atoms with Gasteiger partial charge in [0.15, 0.2) is 0 Å². The van der Waals surface area contributed by atoms with Gasteiger partial charge in [-0.3, -0.25) is 4.79 Å². The molecule has 2 aliphatic rings. The second-order valence-electron chi connectivity index (χ2n) is 8.88. The highest BCUT2D eigenvalue weighted by atomic mass is 16.5. The number of hydrogen-bond acceptors (Lipinski definition) is 3. The molecule has 3 heterocycles. The van der Waals surface area contributed by atoms with Crippen LogP contribution in [0.5, 0.6) is 11.5 Å². The van der Waals surface area contributed by atoms with Gasteiger partial charge in [0.05, 0.1) is 18.6 Å². The van der Waals surface area contributed by atoms with Crippen molar-refractivity contribution in [2.75, 3.05) is 6.54 Å². The lowest BCUT2D eigenvalue weighted by Crippen LogP contribution is -2.41. The summed E-state index contributed by atoms with van der Waals surface area (Å²) in [5.41, 5.74) is 3.38. The number of hydrogen-bond donors (Lipinski definition) is 0. The maximum atomic E-state index is 13.3. The Balaban J connectivity index is 1.48. The number of fused-ring (bicyclic) bond motifs is 6. The van der Waals surface area contributed by atoms with Crippen LogP contribution in [0.4, 0.5) is 0 Å². The van der Waals surface area contributed by atoms with Crippen LogP contribution in [-0.4, -0.2) is 26.9 Å². The van der Waals surface area contributed by atoms with E-state index < -0.39 is 0 Å². The Morgan fingerprint density at radius 1 is 0.969 bits per heavy atom. The monoisotopic (exact) mass is 423 g/mol. The molecule has 0 radical (unpaired) electrons. The second-order valence-corrected chi connectivity index (χ2v) is 8.88. The highest BCUT2D eigenvalue weighted by molar-refractivity contribution is 5.89. The lowest BCUT2D eigenvalue weighted by Gasteiger charge is -2.32. The number of piperidine rings is 1. The zero-order chi connectivity index (χ0) is 21.5. The highest BCUT2D eigenvalue weighted by Crippen LogP contribution is 2.33. The predicted molar refractivity (Wildman–Crippen MR) is 124 cm³/mol. The van der Waals surface area contributed by atoms with Gasteiger partial charge < -0.3 is 14.2 Å². The van der Waals surface area contributed by atoms with Crippen LogP contribution in [0.2, 0.25) is 0 Å². The molecule has 0 N–H and O–H groups in total. The van der Waals surface area contributed by atoms with Crippen molar-refractivity contribution in [2.24, 2.45) is 5.92 Å². The van der Waals surface area contributed by atoms with E-state index in [4.69, 9.17) is 4.74 Å². The number of ether oxygens (including phenoxy) is 1.